The minimum atomic E-state index is -0.435. The number of hydrogen-bond acceptors (Lipinski definition) is 4. The number of halogens is 1. The zero-order valence-corrected chi connectivity index (χ0v) is 18.6. The van der Waals surface area contributed by atoms with E-state index in [4.69, 9.17) is 16.3 Å². The van der Waals surface area contributed by atoms with Crippen molar-refractivity contribution in [1.82, 2.24) is 9.47 Å². The first-order valence-corrected chi connectivity index (χ1v) is 10.6. The van der Waals surface area contributed by atoms with Gasteiger partial charge in [-0.1, -0.05) is 11.6 Å². The molecule has 2 aromatic rings. The van der Waals surface area contributed by atoms with Crippen molar-refractivity contribution in [3.05, 3.63) is 57.4 Å². The number of nitrogens with zero attached hydrogens (tertiary/aromatic N) is 2. The Bertz CT molecular complexity index is 974. The van der Waals surface area contributed by atoms with Gasteiger partial charge >= 0.3 is 5.97 Å². The molecular formula is C23H27ClN2O4. The first kappa shape index (κ1) is 22.1. The van der Waals surface area contributed by atoms with Crippen LogP contribution in [-0.4, -0.2) is 46.3 Å². The van der Waals surface area contributed by atoms with Crippen molar-refractivity contribution in [1.29, 1.82) is 0 Å². The van der Waals surface area contributed by atoms with Crippen LogP contribution >= 0.6 is 11.6 Å². The normalized spacial score (nSPS) is 13.2. The molecule has 1 aromatic heterocycles. The van der Waals surface area contributed by atoms with Crippen LogP contribution in [0.3, 0.4) is 0 Å². The van der Waals surface area contributed by atoms with Gasteiger partial charge in [0.2, 0.25) is 0 Å². The Kier molecular flexibility index (Phi) is 6.66. The molecule has 3 rings (SSSR count). The largest absolute Gasteiger partial charge is 0.461 e. The van der Waals surface area contributed by atoms with Gasteiger partial charge in [0.15, 0.2) is 5.78 Å². The number of aromatic nitrogens is 1. The minimum Gasteiger partial charge on any atom is -0.461 e. The average molecular weight is 431 g/mol. The van der Waals surface area contributed by atoms with Crippen molar-refractivity contribution in [2.24, 2.45) is 0 Å². The highest BCUT2D eigenvalue weighted by atomic mass is 35.5. The summed E-state index contributed by atoms with van der Waals surface area (Å²) in [5, 5.41) is 0.555. The second-order valence-corrected chi connectivity index (χ2v) is 7.93. The number of carbonyl (C=O) groups excluding carboxylic acids is 3. The van der Waals surface area contributed by atoms with E-state index in [9.17, 15) is 14.4 Å². The van der Waals surface area contributed by atoms with E-state index < -0.39 is 5.97 Å². The quantitative estimate of drug-likeness (QED) is 0.458. The lowest BCUT2D eigenvalue weighted by Crippen LogP contribution is -2.37. The molecule has 1 saturated carbocycles. The van der Waals surface area contributed by atoms with E-state index in [1.165, 1.54) is 0 Å². The number of Topliss-reactive ketones (excluding diaryl/α,β-unsaturated/α-hetero) is 1. The molecule has 0 spiro atoms. The summed E-state index contributed by atoms with van der Waals surface area (Å²) in [6.07, 6.45) is 1.77. The van der Waals surface area contributed by atoms with Gasteiger partial charge in [0.25, 0.3) is 5.91 Å². The lowest BCUT2D eigenvalue weighted by Gasteiger charge is -2.22. The monoisotopic (exact) mass is 430 g/mol. The molecule has 0 saturated heterocycles. The predicted molar refractivity (Wildman–Crippen MR) is 115 cm³/mol. The van der Waals surface area contributed by atoms with Crippen LogP contribution in [0.15, 0.2) is 24.3 Å². The van der Waals surface area contributed by atoms with E-state index >= 15 is 0 Å². The predicted octanol–water partition coefficient (Wildman–Crippen LogP) is 4.44. The number of carbonyl (C=O) groups is 3. The van der Waals surface area contributed by atoms with E-state index in [0.29, 0.717) is 34.0 Å². The SMILES string of the molecule is CCOC(=O)c1c(C)c(C(=O)CN(C(=O)c2ccc(Cl)cc2)C2CC2)c(C)n1CC. The smallest absolute Gasteiger partial charge is 0.355 e. The number of esters is 1. The highest BCUT2D eigenvalue weighted by molar-refractivity contribution is 6.30. The summed E-state index contributed by atoms with van der Waals surface area (Å²) in [6, 6.07) is 6.75. The third-order valence-electron chi connectivity index (χ3n) is 5.48. The van der Waals surface area contributed by atoms with Crippen LogP contribution in [0, 0.1) is 13.8 Å². The van der Waals surface area contributed by atoms with Crippen LogP contribution in [0.2, 0.25) is 5.02 Å². The molecule has 1 fully saturated rings. The van der Waals surface area contributed by atoms with Crippen LogP contribution in [0.5, 0.6) is 0 Å². The van der Waals surface area contributed by atoms with Crippen molar-refractivity contribution < 1.29 is 19.1 Å². The highest BCUT2D eigenvalue weighted by Crippen LogP contribution is 2.30. The summed E-state index contributed by atoms with van der Waals surface area (Å²) in [6.45, 7) is 8.05. The van der Waals surface area contributed by atoms with Crippen LogP contribution in [-0.2, 0) is 11.3 Å². The van der Waals surface area contributed by atoms with Gasteiger partial charge in [-0.2, -0.15) is 0 Å². The summed E-state index contributed by atoms with van der Waals surface area (Å²) >= 11 is 5.93. The van der Waals surface area contributed by atoms with Gasteiger partial charge in [-0.05, 0) is 70.4 Å². The maximum Gasteiger partial charge on any atom is 0.355 e. The number of amides is 1. The Morgan fingerprint density at radius 3 is 2.30 bits per heavy atom. The van der Waals surface area contributed by atoms with Crippen molar-refractivity contribution in [2.45, 2.75) is 53.1 Å². The van der Waals surface area contributed by atoms with Gasteiger partial charge < -0.3 is 14.2 Å². The highest BCUT2D eigenvalue weighted by Gasteiger charge is 2.36. The maximum absolute atomic E-state index is 13.3. The number of ketones is 1. The zero-order chi connectivity index (χ0) is 22.0. The Labute approximate surface area is 181 Å². The summed E-state index contributed by atoms with van der Waals surface area (Å²) in [5.41, 5.74) is 2.73. The standard InChI is InChI=1S/C23H27ClN2O4/c1-5-25-15(4)20(14(3)21(25)23(29)30-6-2)19(27)13-26(18-11-12-18)22(28)16-7-9-17(24)10-8-16/h7-10,18H,5-6,11-13H2,1-4H3. The Balaban J connectivity index is 1.91. The van der Waals surface area contributed by atoms with Crippen molar-refractivity contribution in [3.8, 4) is 0 Å². The third-order valence-corrected chi connectivity index (χ3v) is 5.74. The molecule has 0 bridgehead atoms. The first-order chi connectivity index (χ1) is 14.3. The lowest BCUT2D eigenvalue weighted by molar-refractivity contribution is 0.0512. The molecular weight excluding hydrogens is 404 g/mol. The second-order valence-electron chi connectivity index (χ2n) is 7.49. The van der Waals surface area contributed by atoms with Crippen LogP contribution in [0.1, 0.15) is 69.2 Å². The molecule has 1 heterocycles. The molecule has 30 heavy (non-hydrogen) atoms. The van der Waals surface area contributed by atoms with Gasteiger partial charge in [0, 0.05) is 34.4 Å². The third kappa shape index (κ3) is 4.29. The molecule has 1 amide bonds. The van der Waals surface area contributed by atoms with E-state index in [1.54, 1.807) is 43.0 Å². The van der Waals surface area contributed by atoms with Gasteiger partial charge in [-0.15, -0.1) is 0 Å². The number of hydrogen-bond donors (Lipinski definition) is 0. The van der Waals surface area contributed by atoms with Crippen molar-refractivity contribution >= 4 is 29.3 Å². The second kappa shape index (κ2) is 9.04. The van der Waals surface area contributed by atoms with Gasteiger partial charge in [-0.25, -0.2) is 4.79 Å². The molecule has 1 aromatic carbocycles. The van der Waals surface area contributed by atoms with Crippen molar-refractivity contribution in [3.63, 3.8) is 0 Å². The van der Waals surface area contributed by atoms with Crippen LogP contribution in [0.4, 0.5) is 0 Å². The summed E-state index contributed by atoms with van der Waals surface area (Å²) in [7, 11) is 0. The Morgan fingerprint density at radius 1 is 1.13 bits per heavy atom. The molecule has 0 aliphatic heterocycles. The molecule has 0 atom stereocenters. The van der Waals surface area contributed by atoms with E-state index in [0.717, 1.165) is 18.5 Å². The lowest BCUT2D eigenvalue weighted by atomic mass is 10.0. The van der Waals surface area contributed by atoms with Crippen molar-refractivity contribution in [2.75, 3.05) is 13.2 Å². The zero-order valence-electron chi connectivity index (χ0n) is 17.8. The van der Waals surface area contributed by atoms with Gasteiger partial charge in [-0.3, -0.25) is 9.59 Å². The Hall–Kier alpha value is -2.60. The summed E-state index contributed by atoms with van der Waals surface area (Å²) in [4.78, 5) is 40.4. The molecule has 6 nitrogen and oxygen atoms in total. The molecule has 7 heteroatoms. The number of ether oxygens (including phenoxy) is 1. The molecule has 1 aliphatic rings. The average Bonchev–Trinajstić information content (AvgIpc) is 3.51. The van der Waals surface area contributed by atoms with Crippen LogP contribution in [0.25, 0.3) is 0 Å². The van der Waals surface area contributed by atoms with E-state index in [1.807, 2.05) is 18.4 Å². The first-order valence-electron chi connectivity index (χ1n) is 10.3. The van der Waals surface area contributed by atoms with E-state index in [2.05, 4.69) is 0 Å². The molecule has 160 valence electrons. The molecule has 1 aliphatic carbocycles. The maximum atomic E-state index is 13.3. The minimum absolute atomic E-state index is 0.0240. The topological polar surface area (TPSA) is 68.6 Å². The fraction of sp³-hybridized carbons (Fsp3) is 0.435. The van der Waals surface area contributed by atoms with E-state index in [-0.39, 0.29) is 30.9 Å². The molecule has 0 unspecified atom stereocenters. The summed E-state index contributed by atoms with van der Waals surface area (Å²) < 4.78 is 7.00. The molecule has 0 N–H and O–H groups in total. The van der Waals surface area contributed by atoms with Crippen LogP contribution < -0.4 is 0 Å². The fourth-order valence-electron chi connectivity index (χ4n) is 3.91. The Morgan fingerprint density at radius 2 is 1.77 bits per heavy atom. The van der Waals surface area contributed by atoms with Gasteiger partial charge in [0.05, 0.1) is 13.2 Å². The fourth-order valence-corrected chi connectivity index (χ4v) is 4.03. The number of rotatable bonds is 8. The number of benzene rings is 1. The summed E-state index contributed by atoms with van der Waals surface area (Å²) in [5.74, 6) is -0.786. The molecule has 0 radical (unpaired) electrons. The van der Waals surface area contributed by atoms with Gasteiger partial charge in [0.1, 0.15) is 5.69 Å².